The number of carboxylic acids is 1. The number of pyridine rings is 1. The van der Waals surface area contributed by atoms with Crippen LogP contribution in [0.2, 0.25) is 0 Å². The topological polar surface area (TPSA) is 79.3 Å². The molecule has 0 bridgehead atoms. The van der Waals surface area contributed by atoms with Crippen molar-refractivity contribution in [2.24, 2.45) is 5.92 Å². The van der Waals surface area contributed by atoms with E-state index in [0.29, 0.717) is 5.56 Å². The van der Waals surface area contributed by atoms with Crippen molar-refractivity contribution in [1.29, 1.82) is 0 Å². The molecule has 0 saturated carbocycles. The molecule has 0 fully saturated rings. The van der Waals surface area contributed by atoms with Gasteiger partial charge in [-0.1, -0.05) is 20.8 Å². The van der Waals surface area contributed by atoms with Gasteiger partial charge < -0.3 is 10.4 Å². The number of hydrogen-bond acceptors (Lipinski definition) is 3. The number of aromatic nitrogens is 1. The second-order valence-electron chi connectivity index (χ2n) is 4.85. The van der Waals surface area contributed by atoms with Gasteiger partial charge in [-0.3, -0.25) is 9.78 Å². The molecule has 2 N–H and O–H groups in total. The molecule has 0 aromatic carbocycles. The molecule has 0 aliphatic heterocycles. The van der Waals surface area contributed by atoms with E-state index in [0.717, 1.165) is 0 Å². The second-order valence-corrected chi connectivity index (χ2v) is 4.85. The zero-order chi connectivity index (χ0) is 16.2. The molecular formula is C14H18F2N2O3. The number of alkyl halides is 2. The third-order valence-electron chi connectivity index (χ3n) is 3.06. The normalized spacial score (nSPS) is 11.0. The number of rotatable bonds is 6. The minimum Gasteiger partial charge on any atom is -0.478 e. The molecule has 1 rings (SSSR count). The van der Waals surface area contributed by atoms with E-state index in [1.165, 1.54) is 6.20 Å². The summed E-state index contributed by atoms with van der Waals surface area (Å²) >= 11 is 0. The van der Waals surface area contributed by atoms with Gasteiger partial charge in [0.1, 0.15) is 5.69 Å². The molecule has 0 unspecified atom stereocenters. The van der Waals surface area contributed by atoms with Crippen LogP contribution in [0.3, 0.4) is 0 Å². The van der Waals surface area contributed by atoms with Gasteiger partial charge in [0.05, 0.1) is 5.56 Å². The highest BCUT2D eigenvalue weighted by Gasteiger charge is 2.24. The fourth-order valence-corrected chi connectivity index (χ4v) is 1.95. The molecule has 0 radical (unpaired) electrons. The lowest BCUT2D eigenvalue weighted by Gasteiger charge is -2.15. The minimum atomic E-state index is -2.96. The monoisotopic (exact) mass is 300 g/mol. The second kappa shape index (κ2) is 7.10. The van der Waals surface area contributed by atoms with Crippen molar-refractivity contribution in [2.45, 2.75) is 40.2 Å². The zero-order valence-electron chi connectivity index (χ0n) is 12.1. The Morgan fingerprint density at radius 1 is 1.38 bits per heavy atom. The summed E-state index contributed by atoms with van der Waals surface area (Å²) in [4.78, 5) is 26.3. The molecule has 1 aromatic rings. The van der Waals surface area contributed by atoms with Gasteiger partial charge in [-0.15, -0.1) is 0 Å². The number of hydrogen-bond donors (Lipinski definition) is 2. The van der Waals surface area contributed by atoms with E-state index < -0.39 is 23.7 Å². The summed E-state index contributed by atoms with van der Waals surface area (Å²) in [6, 6.07) is 0. The van der Waals surface area contributed by atoms with Gasteiger partial charge in [-0.25, -0.2) is 13.6 Å². The number of nitrogens with one attached hydrogen (secondary N) is 1. The largest absolute Gasteiger partial charge is 0.478 e. The van der Waals surface area contributed by atoms with Crippen molar-refractivity contribution in [3.63, 3.8) is 0 Å². The Labute approximate surface area is 121 Å². The van der Waals surface area contributed by atoms with Crippen molar-refractivity contribution in [3.05, 3.63) is 28.6 Å². The zero-order valence-corrected chi connectivity index (χ0v) is 12.1. The predicted molar refractivity (Wildman–Crippen MR) is 72.2 cm³/mol. The van der Waals surface area contributed by atoms with E-state index in [1.807, 2.05) is 0 Å². The van der Waals surface area contributed by atoms with E-state index in [4.69, 9.17) is 5.11 Å². The molecule has 7 heteroatoms. The number of carbonyl (C=O) groups is 2. The standard InChI is InChI=1S/C14H18F2N2O3/c1-4-9-8(6-18-13(19)7(2)3)5-17-11(12(15)16)10(9)14(20)21/h5,7,12H,4,6H2,1-3H3,(H,18,19)(H,20,21). The van der Waals surface area contributed by atoms with Gasteiger partial charge >= 0.3 is 5.97 Å². The van der Waals surface area contributed by atoms with Gasteiger partial charge in [0.25, 0.3) is 6.43 Å². The van der Waals surface area contributed by atoms with E-state index in [2.05, 4.69) is 10.3 Å². The van der Waals surface area contributed by atoms with Crippen LogP contribution in [0.4, 0.5) is 8.78 Å². The number of nitrogens with zero attached hydrogens (tertiary/aromatic N) is 1. The smallest absolute Gasteiger partial charge is 0.338 e. The summed E-state index contributed by atoms with van der Waals surface area (Å²) < 4.78 is 25.7. The first kappa shape index (κ1) is 17.0. The van der Waals surface area contributed by atoms with Crippen molar-refractivity contribution in [2.75, 3.05) is 0 Å². The van der Waals surface area contributed by atoms with Gasteiger partial charge in [0, 0.05) is 18.7 Å². The van der Waals surface area contributed by atoms with Crippen LogP contribution in [0.1, 0.15) is 54.4 Å². The van der Waals surface area contributed by atoms with Crippen LogP contribution in [-0.2, 0) is 17.8 Å². The molecule has 0 aliphatic carbocycles. The Hall–Kier alpha value is -2.05. The van der Waals surface area contributed by atoms with E-state index in [9.17, 15) is 18.4 Å². The highest BCUT2D eigenvalue weighted by molar-refractivity contribution is 5.91. The highest BCUT2D eigenvalue weighted by Crippen LogP contribution is 2.26. The van der Waals surface area contributed by atoms with Crippen molar-refractivity contribution < 1.29 is 23.5 Å². The summed E-state index contributed by atoms with van der Waals surface area (Å²) in [5.74, 6) is -1.86. The maximum Gasteiger partial charge on any atom is 0.338 e. The molecule has 1 heterocycles. The van der Waals surface area contributed by atoms with E-state index >= 15 is 0 Å². The summed E-state index contributed by atoms with van der Waals surface area (Å²) in [6.45, 7) is 5.18. The average molecular weight is 300 g/mol. The third-order valence-corrected chi connectivity index (χ3v) is 3.06. The van der Waals surface area contributed by atoms with Crippen LogP contribution < -0.4 is 5.32 Å². The first-order valence-corrected chi connectivity index (χ1v) is 6.59. The van der Waals surface area contributed by atoms with E-state index in [1.54, 1.807) is 20.8 Å². The maximum atomic E-state index is 12.9. The van der Waals surface area contributed by atoms with Crippen LogP contribution >= 0.6 is 0 Å². The van der Waals surface area contributed by atoms with Crippen LogP contribution in [-0.4, -0.2) is 22.0 Å². The highest BCUT2D eigenvalue weighted by atomic mass is 19.3. The average Bonchev–Trinajstić information content (AvgIpc) is 2.42. The molecule has 21 heavy (non-hydrogen) atoms. The van der Waals surface area contributed by atoms with Crippen LogP contribution in [0.5, 0.6) is 0 Å². The molecule has 0 spiro atoms. The van der Waals surface area contributed by atoms with Crippen LogP contribution in [0.25, 0.3) is 0 Å². The fourth-order valence-electron chi connectivity index (χ4n) is 1.95. The Bertz CT molecular complexity index is 545. The molecular weight excluding hydrogens is 282 g/mol. The lowest BCUT2D eigenvalue weighted by molar-refractivity contribution is -0.124. The fraction of sp³-hybridized carbons (Fsp3) is 0.500. The molecule has 1 aromatic heterocycles. The van der Waals surface area contributed by atoms with Gasteiger partial charge in [0.2, 0.25) is 5.91 Å². The Morgan fingerprint density at radius 2 is 2.00 bits per heavy atom. The van der Waals surface area contributed by atoms with Gasteiger partial charge in [-0.05, 0) is 17.5 Å². The Morgan fingerprint density at radius 3 is 2.43 bits per heavy atom. The van der Waals surface area contributed by atoms with Gasteiger partial charge in [0.15, 0.2) is 0 Å². The molecule has 0 atom stereocenters. The van der Waals surface area contributed by atoms with Crippen molar-refractivity contribution in [3.8, 4) is 0 Å². The maximum absolute atomic E-state index is 12.9. The Kier molecular flexibility index (Phi) is 5.75. The predicted octanol–water partition coefficient (Wildman–Crippen LogP) is 2.55. The SMILES string of the molecule is CCc1c(CNC(=O)C(C)C)cnc(C(F)F)c1C(=O)O. The molecule has 5 nitrogen and oxygen atoms in total. The molecule has 0 saturated heterocycles. The lowest BCUT2D eigenvalue weighted by Crippen LogP contribution is -2.28. The summed E-state index contributed by atoms with van der Waals surface area (Å²) in [6.07, 6.45) is -1.50. The molecule has 1 amide bonds. The number of carbonyl (C=O) groups excluding carboxylic acids is 1. The number of carboxylic acid groups (broad SMARTS) is 1. The van der Waals surface area contributed by atoms with Crippen molar-refractivity contribution in [1.82, 2.24) is 10.3 Å². The van der Waals surface area contributed by atoms with Crippen LogP contribution in [0.15, 0.2) is 6.20 Å². The number of halogens is 2. The summed E-state index contributed by atoms with van der Waals surface area (Å²) in [5.41, 5.74) is -0.493. The number of amides is 1. The Balaban J connectivity index is 3.20. The lowest BCUT2D eigenvalue weighted by atomic mass is 9.98. The molecule has 0 aliphatic rings. The van der Waals surface area contributed by atoms with Crippen LogP contribution in [0, 0.1) is 5.92 Å². The van der Waals surface area contributed by atoms with E-state index in [-0.39, 0.29) is 30.4 Å². The summed E-state index contributed by atoms with van der Waals surface area (Å²) in [7, 11) is 0. The minimum absolute atomic E-state index is 0.0665. The third kappa shape index (κ3) is 3.96. The van der Waals surface area contributed by atoms with Crippen molar-refractivity contribution >= 4 is 11.9 Å². The number of aromatic carboxylic acids is 1. The quantitative estimate of drug-likeness (QED) is 0.846. The first-order chi connectivity index (χ1) is 9.79. The molecule has 116 valence electrons. The first-order valence-electron chi connectivity index (χ1n) is 6.59. The van der Waals surface area contributed by atoms with Gasteiger partial charge in [-0.2, -0.15) is 0 Å². The summed E-state index contributed by atoms with van der Waals surface area (Å²) in [5, 5.41) is 11.8.